The van der Waals surface area contributed by atoms with Gasteiger partial charge in [0.25, 0.3) is 0 Å². The lowest BCUT2D eigenvalue weighted by Gasteiger charge is -2.02. The molecule has 1 aromatic carbocycles. The van der Waals surface area contributed by atoms with Gasteiger partial charge in [-0.05, 0) is 34.7 Å². The fraction of sp³-hybridized carbons (Fsp3) is 0.143. The molecule has 0 saturated heterocycles. The Kier molecular flexibility index (Phi) is 3.02. The van der Waals surface area contributed by atoms with E-state index in [4.69, 9.17) is 0 Å². The molecule has 13 heavy (non-hydrogen) atoms. The SMILES string of the molecule is COc1ccc(I)c([N+](=O)[O-])c1F. The molecule has 0 bridgehead atoms. The van der Waals surface area contributed by atoms with Gasteiger partial charge in [0.2, 0.25) is 5.82 Å². The highest BCUT2D eigenvalue weighted by molar-refractivity contribution is 14.1. The quantitative estimate of drug-likeness (QED) is 0.478. The number of benzene rings is 1. The van der Waals surface area contributed by atoms with E-state index in [0.717, 1.165) is 0 Å². The summed E-state index contributed by atoms with van der Waals surface area (Å²) in [6.45, 7) is 0. The number of ether oxygens (including phenoxy) is 1. The summed E-state index contributed by atoms with van der Waals surface area (Å²) < 4.78 is 18.1. The van der Waals surface area contributed by atoms with Gasteiger partial charge in [-0.25, -0.2) is 0 Å². The number of halogens is 2. The van der Waals surface area contributed by atoms with Crippen LogP contribution < -0.4 is 4.74 Å². The van der Waals surface area contributed by atoms with Gasteiger partial charge in [0, 0.05) is 0 Å². The molecular formula is C7H5FINO3. The van der Waals surface area contributed by atoms with Crippen molar-refractivity contribution in [3.8, 4) is 5.75 Å². The Balaban J connectivity index is 3.38. The van der Waals surface area contributed by atoms with Crippen LogP contribution in [0.5, 0.6) is 5.75 Å². The third-order valence-corrected chi connectivity index (χ3v) is 2.30. The molecule has 6 heteroatoms. The van der Waals surface area contributed by atoms with Crippen LogP contribution in [0.25, 0.3) is 0 Å². The summed E-state index contributed by atoms with van der Waals surface area (Å²) in [6.07, 6.45) is 0. The largest absolute Gasteiger partial charge is 0.493 e. The van der Waals surface area contributed by atoms with Crippen LogP contribution in [0.4, 0.5) is 10.1 Å². The number of nitrogens with zero attached hydrogens (tertiary/aromatic N) is 1. The molecule has 4 nitrogen and oxygen atoms in total. The fourth-order valence-corrected chi connectivity index (χ4v) is 1.46. The van der Waals surface area contributed by atoms with Gasteiger partial charge in [-0.1, -0.05) is 0 Å². The van der Waals surface area contributed by atoms with Crippen LogP contribution in [-0.4, -0.2) is 12.0 Å². The molecular weight excluding hydrogens is 292 g/mol. The molecule has 0 unspecified atom stereocenters. The van der Waals surface area contributed by atoms with Crippen molar-refractivity contribution in [2.24, 2.45) is 0 Å². The van der Waals surface area contributed by atoms with Crippen LogP contribution in [0.15, 0.2) is 12.1 Å². The number of rotatable bonds is 2. The van der Waals surface area contributed by atoms with E-state index in [1.165, 1.54) is 19.2 Å². The van der Waals surface area contributed by atoms with Crippen molar-refractivity contribution in [1.29, 1.82) is 0 Å². The second-order valence-corrected chi connectivity index (χ2v) is 3.33. The topological polar surface area (TPSA) is 52.4 Å². The van der Waals surface area contributed by atoms with Crippen molar-refractivity contribution in [2.45, 2.75) is 0 Å². The molecule has 1 rings (SSSR count). The number of hydrogen-bond acceptors (Lipinski definition) is 3. The molecule has 0 fully saturated rings. The smallest absolute Gasteiger partial charge is 0.321 e. The lowest BCUT2D eigenvalue weighted by atomic mass is 10.3. The van der Waals surface area contributed by atoms with E-state index in [0.29, 0.717) is 0 Å². The maximum Gasteiger partial charge on any atom is 0.321 e. The predicted octanol–water partition coefficient (Wildman–Crippen LogP) is 2.35. The van der Waals surface area contributed by atoms with Gasteiger partial charge in [-0.2, -0.15) is 4.39 Å². The van der Waals surface area contributed by atoms with E-state index >= 15 is 0 Å². The summed E-state index contributed by atoms with van der Waals surface area (Å²) in [5.41, 5.74) is -0.542. The fourth-order valence-electron chi connectivity index (χ4n) is 0.847. The van der Waals surface area contributed by atoms with E-state index in [-0.39, 0.29) is 9.32 Å². The van der Waals surface area contributed by atoms with E-state index in [1.807, 2.05) is 0 Å². The third kappa shape index (κ3) is 1.87. The first-order valence-corrected chi connectivity index (χ1v) is 4.32. The van der Waals surface area contributed by atoms with Gasteiger partial charge < -0.3 is 4.74 Å². The minimum atomic E-state index is -0.931. The van der Waals surface area contributed by atoms with Crippen LogP contribution in [0, 0.1) is 19.5 Å². The van der Waals surface area contributed by atoms with Crippen molar-refractivity contribution >= 4 is 28.3 Å². The summed E-state index contributed by atoms with van der Waals surface area (Å²) in [6, 6.07) is 2.78. The lowest BCUT2D eigenvalue weighted by Crippen LogP contribution is -1.98. The molecule has 0 aliphatic carbocycles. The number of methoxy groups -OCH3 is 1. The van der Waals surface area contributed by atoms with E-state index in [1.54, 1.807) is 22.6 Å². The summed E-state index contributed by atoms with van der Waals surface area (Å²) in [5.74, 6) is -1.05. The summed E-state index contributed by atoms with van der Waals surface area (Å²) in [7, 11) is 1.26. The Hall–Kier alpha value is -0.920. The molecule has 0 aliphatic heterocycles. The monoisotopic (exact) mass is 297 g/mol. The minimum Gasteiger partial charge on any atom is -0.493 e. The molecule has 0 heterocycles. The molecule has 0 N–H and O–H groups in total. The molecule has 0 amide bonds. The number of nitro benzene ring substituents is 1. The zero-order valence-electron chi connectivity index (χ0n) is 6.58. The highest BCUT2D eigenvalue weighted by atomic mass is 127. The predicted molar refractivity (Wildman–Crippen MR) is 52.3 cm³/mol. The standard InChI is InChI=1S/C7H5FINO3/c1-13-5-3-2-4(9)7(6(5)8)10(11)12/h2-3H,1H3. The van der Waals surface area contributed by atoms with Gasteiger partial charge in [-0.15, -0.1) is 0 Å². The Morgan fingerprint density at radius 3 is 2.69 bits per heavy atom. The molecule has 0 spiro atoms. The normalized spacial score (nSPS) is 9.77. The zero-order valence-corrected chi connectivity index (χ0v) is 8.74. The molecule has 1 aromatic rings. The Labute approximate surface area is 87.0 Å². The highest BCUT2D eigenvalue weighted by Gasteiger charge is 2.22. The molecule has 0 aliphatic rings. The first-order chi connectivity index (χ1) is 6.07. The van der Waals surface area contributed by atoms with Crippen LogP contribution in [0.2, 0.25) is 0 Å². The molecule has 0 radical (unpaired) electrons. The lowest BCUT2D eigenvalue weighted by molar-refractivity contribution is -0.388. The maximum atomic E-state index is 13.2. The van der Waals surface area contributed by atoms with Gasteiger partial charge in [0.05, 0.1) is 15.6 Å². The average Bonchev–Trinajstić information content (AvgIpc) is 2.04. The summed E-state index contributed by atoms with van der Waals surface area (Å²) in [5, 5.41) is 10.4. The maximum absolute atomic E-state index is 13.2. The van der Waals surface area contributed by atoms with Gasteiger partial charge in [0.1, 0.15) is 0 Å². The van der Waals surface area contributed by atoms with Gasteiger partial charge >= 0.3 is 5.69 Å². The number of nitro groups is 1. The second kappa shape index (κ2) is 3.86. The Morgan fingerprint density at radius 1 is 1.62 bits per heavy atom. The van der Waals surface area contributed by atoms with Crippen molar-refractivity contribution < 1.29 is 14.1 Å². The van der Waals surface area contributed by atoms with Crippen LogP contribution in [-0.2, 0) is 0 Å². The summed E-state index contributed by atoms with van der Waals surface area (Å²) >= 11 is 1.70. The van der Waals surface area contributed by atoms with Gasteiger partial charge in [-0.3, -0.25) is 10.1 Å². The van der Waals surface area contributed by atoms with Crippen LogP contribution in [0.3, 0.4) is 0 Å². The van der Waals surface area contributed by atoms with Crippen LogP contribution >= 0.6 is 22.6 Å². The second-order valence-electron chi connectivity index (χ2n) is 2.17. The number of hydrogen-bond donors (Lipinski definition) is 0. The first kappa shape index (κ1) is 10.2. The van der Waals surface area contributed by atoms with Crippen molar-refractivity contribution in [3.63, 3.8) is 0 Å². The molecule has 0 saturated carbocycles. The van der Waals surface area contributed by atoms with E-state index < -0.39 is 16.4 Å². The van der Waals surface area contributed by atoms with Crippen molar-refractivity contribution in [3.05, 3.63) is 31.6 Å². The first-order valence-electron chi connectivity index (χ1n) is 3.24. The van der Waals surface area contributed by atoms with E-state index in [9.17, 15) is 14.5 Å². The minimum absolute atomic E-state index is 0.118. The van der Waals surface area contributed by atoms with E-state index in [2.05, 4.69) is 4.74 Å². The Bertz CT molecular complexity index is 356. The third-order valence-electron chi connectivity index (χ3n) is 1.43. The average molecular weight is 297 g/mol. The highest BCUT2D eigenvalue weighted by Crippen LogP contribution is 2.30. The molecule has 0 atom stereocenters. The van der Waals surface area contributed by atoms with Crippen molar-refractivity contribution in [1.82, 2.24) is 0 Å². The van der Waals surface area contributed by atoms with Crippen molar-refractivity contribution in [2.75, 3.05) is 7.11 Å². The Morgan fingerprint density at radius 2 is 2.23 bits per heavy atom. The molecule has 0 aromatic heterocycles. The van der Waals surface area contributed by atoms with Crippen LogP contribution in [0.1, 0.15) is 0 Å². The summed E-state index contributed by atoms with van der Waals surface area (Å²) in [4.78, 5) is 9.65. The zero-order chi connectivity index (χ0) is 10.0. The van der Waals surface area contributed by atoms with Gasteiger partial charge in [0.15, 0.2) is 5.75 Å². The molecule has 70 valence electrons.